The largest absolute Gasteiger partial charge is 0.386 e. The van der Waals surface area contributed by atoms with Crippen molar-refractivity contribution in [2.24, 2.45) is 0 Å². The van der Waals surface area contributed by atoms with Crippen LogP contribution in [0.4, 0.5) is 0 Å². The maximum absolute atomic E-state index is 9.83. The summed E-state index contributed by atoms with van der Waals surface area (Å²) in [5.74, 6) is 0.654. The molecule has 1 aromatic carbocycles. The van der Waals surface area contributed by atoms with Crippen LogP contribution in [-0.4, -0.2) is 18.2 Å². The molecule has 1 atom stereocenters. The van der Waals surface area contributed by atoms with Gasteiger partial charge in [-0.3, -0.25) is 0 Å². The van der Waals surface area contributed by atoms with Gasteiger partial charge in [0.15, 0.2) is 0 Å². The molecule has 2 heteroatoms. The number of nitrogens with one attached hydrogen (secondary N) is 1. The van der Waals surface area contributed by atoms with Crippen molar-refractivity contribution >= 4 is 0 Å². The first-order valence-corrected chi connectivity index (χ1v) is 5.61. The van der Waals surface area contributed by atoms with Gasteiger partial charge in [-0.2, -0.15) is 0 Å². The summed E-state index contributed by atoms with van der Waals surface area (Å²) < 4.78 is 0. The van der Waals surface area contributed by atoms with E-state index in [9.17, 15) is 5.11 Å². The van der Waals surface area contributed by atoms with Crippen LogP contribution in [0.25, 0.3) is 0 Å². The molecule has 2 rings (SSSR count). The number of hydrogen-bond acceptors (Lipinski definition) is 2. The van der Waals surface area contributed by atoms with Crippen LogP contribution in [0, 0.1) is 0 Å². The number of rotatable bonds is 2. The van der Waals surface area contributed by atoms with Crippen LogP contribution >= 0.6 is 0 Å². The van der Waals surface area contributed by atoms with E-state index in [2.05, 4.69) is 17.4 Å². The van der Waals surface area contributed by atoms with Crippen LogP contribution in [0.2, 0.25) is 0 Å². The summed E-state index contributed by atoms with van der Waals surface area (Å²) in [6.45, 7) is 5.85. The fraction of sp³-hybridized carbons (Fsp3) is 0.538. The number of benzene rings is 1. The van der Waals surface area contributed by atoms with E-state index in [-0.39, 0.29) is 0 Å². The fourth-order valence-corrected chi connectivity index (χ4v) is 2.10. The van der Waals surface area contributed by atoms with Gasteiger partial charge in [0.2, 0.25) is 0 Å². The first-order valence-electron chi connectivity index (χ1n) is 5.61. The second-order valence-electron chi connectivity index (χ2n) is 4.87. The Kier molecular flexibility index (Phi) is 2.81. The third-order valence-corrected chi connectivity index (χ3v) is 3.15. The molecule has 0 aliphatic carbocycles. The monoisotopic (exact) mass is 205 g/mol. The molecule has 0 bridgehead atoms. The molecular formula is C13H19NO. The smallest absolute Gasteiger partial charge is 0.0840 e. The van der Waals surface area contributed by atoms with Crippen LogP contribution in [0.5, 0.6) is 0 Å². The van der Waals surface area contributed by atoms with Crippen molar-refractivity contribution in [1.29, 1.82) is 0 Å². The Hall–Kier alpha value is -0.860. The standard InChI is InChI=1S/C13H19NO/c1-13(2,15)12-5-3-10(4-6-12)11-7-8-14-9-11/h3-6,11,14-15H,7-9H2,1-2H3. The summed E-state index contributed by atoms with van der Waals surface area (Å²) in [7, 11) is 0. The van der Waals surface area contributed by atoms with Crippen molar-refractivity contribution in [3.63, 3.8) is 0 Å². The Bertz CT molecular complexity index is 317. The molecule has 1 heterocycles. The Morgan fingerprint density at radius 1 is 1.27 bits per heavy atom. The van der Waals surface area contributed by atoms with Gasteiger partial charge in [-0.15, -0.1) is 0 Å². The van der Waals surface area contributed by atoms with E-state index in [1.165, 1.54) is 12.0 Å². The van der Waals surface area contributed by atoms with Crippen LogP contribution in [0.15, 0.2) is 24.3 Å². The normalized spacial score (nSPS) is 21.9. The average molecular weight is 205 g/mol. The minimum absolute atomic E-state index is 0.654. The van der Waals surface area contributed by atoms with E-state index in [1.54, 1.807) is 0 Å². The van der Waals surface area contributed by atoms with Gasteiger partial charge in [-0.1, -0.05) is 24.3 Å². The summed E-state index contributed by atoms with van der Waals surface area (Å²) in [4.78, 5) is 0. The molecule has 1 aromatic rings. The van der Waals surface area contributed by atoms with Gasteiger partial charge in [-0.25, -0.2) is 0 Å². The van der Waals surface area contributed by atoms with Gasteiger partial charge in [-0.05, 0) is 43.9 Å². The minimum Gasteiger partial charge on any atom is -0.386 e. The van der Waals surface area contributed by atoms with Crippen LogP contribution in [0.3, 0.4) is 0 Å². The maximum Gasteiger partial charge on any atom is 0.0840 e. The van der Waals surface area contributed by atoms with Gasteiger partial charge < -0.3 is 10.4 Å². The lowest BCUT2D eigenvalue weighted by Crippen LogP contribution is -2.15. The highest BCUT2D eigenvalue weighted by atomic mass is 16.3. The van der Waals surface area contributed by atoms with Crippen LogP contribution < -0.4 is 5.32 Å². The lowest BCUT2D eigenvalue weighted by atomic mass is 9.93. The summed E-state index contributed by atoms with van der Waals surface area (Å²) in [6, 6.07) is 8.36. The van der Waals surface area contributed by atoms with E-state index in [4.69, 9.17) is 0 Å². The zero-order chi connectivity index (χ0) is 10.9. The first-order chi connectivity index (χ1) is 7.07. The van der Waals surface area contributed by atoms with Crippen molar-refractivity contribution in [2.45, 2.75) is 31.8 Å². The predicted molar refractivity (Wildman–Crippen MR) is 61.9 cm³/mol. The molecule has 0 saturated carbocycles. The molecular weight excluding hydrogens is 186 g/mol. The summed E-state index contributed by atoms with van der Waals surface area (Å²) >= 11 is 0. The molecule has 2 N–H and O–H groups in total. The highest BCUT2D eigenvalue weighted by molar-refractivity contribution is 5.29. The Morgan fingerprint density at radius 3 is 2.40 bits per heavy atom. The van der Waals surface area contributed by atoms with Gasteiger partial charge in [0.25, 0.3) is 0 Å². The highest BCUT2D eigenvalue weighted by Crippen LogP contribution is 2.25. The number of aliphatic hydroxyl groups is 1. The van der Waals surface area contributed by atoms with Gasteiger partial charge in [0.05, 0.1) is 5.60 Å². The quantitative estimate of drug-likeness (QED) is 0.774. The molecule has 15 heavy (non-hydrogen) atoms. The van der Waals surface area contributed by atoms with Crippen LogP contribution in [0.1, 0.15) is 37.3 Å². The Labute approximate surface area is 91.3 Å². The summed E-state index contributed by atoms with van der Waals surface area (Å²) in [5.41, 5.74) is 1.64. The second kappa shape index (κ2) is 3.95. The van der Waals surface area contributed by atoms with E-state index in [0.29, 0.717) is 5.92 Å². The third kappa shape index (κ3) is 2.39. The molecule has 1 saturated heterocycles. The van der Waals surface area contributed by atoms with Crippen molar-refractivity contribution < 1.29 is 5.11 Å². The van der Waals surface area contributed by atoms with Gasteiger partial charge in [0.1, 0.15) is 0 Å². The van der Waals surface area contributed by atoms with E-state index in [0.717, 1.165) is 18.7 Å². The van der Waals surface area contributed by atoms with Gasteiger partial charge in [0, 0.05) is 6.54 Å². The Balaban J connectivity index is 2.16. The van der Waals surface area contributed by atoms with E-state index in [1.807, 2.05) is 26.0 Å². The minimum atomic E-state index is -0.730. The molecule has 0 spiro atoms. The van der Waals surface area contributed by atoms with Crippen molar-refractivity contribution in [3.05, 3.63) is 35.4 Å². The molecule has 1 unspecified atom stereocenters. The first kappa shape index (κ1) is 10.7. The second-order valence-corrected chi connectivity index (χ2v) is 4.87. The third-order valence-electron chi connectivity index (χ3n) is 3.15. The zero-order valence-electron chi connectivity index (χ0n) is 9.46. The molecule has 0 aromatic heterocycles. The summed E-state index contributed by atoms with van der Waals surface area (Å²) in [5, 5.41) is 13.2. The van der Waals surface area contributed by atoms with E-state index >= 15 is 0 Å². The average Bonchev–Trinajstić information content (AvgIpc) is 2.69. The Morgan fingerprint density at radius 2 is 1.93 bits per heavy atom. The molecule has 82 valence electrons. The SMILES string of the molecule is CC(C)(O)c1ccc(C2CCNC2)cc1. The lowest BCUT2D eigenvalue weighted by Gasteiger charge is -2.18. The lowest BCUT2D eigenvalue weighted by molar-refractivity contribution is 0.0786. The molecule has 1 aliphatic heterocycles. The van der Waals surface area contributed by atoms with Crippen molar-refractivity contribution in [3.8, 4) is 0 Å². The summed E-state index contributed by atoms with van der Waals surface area (Å²) in [6.07, 6.45) is 1.22. The molecule has 2 nitrogen and oxygen atoms in total. The predicted octanol–water partition coefficient (Wildman–Crippen LogP) is 1.99. The highest BCUT2D eigenvalue weighted by Gasteiger charge is 2.19. The van der Waals surface area contributed by atoms with Crippen LogP contribution in [-0.2, 0) is 5.60 Å². The molecule has 1 fully saturated rings. The maximum atomic E-state index is 9.83. The molecule has 0 amide bonds. The van der Waals surface area contributed by atoms with Crippen molar-refractivity contribution in [1.82, 2.24) is 5.32 Å². The molecule has 0 radical (unpaired) electrons. The van der Waals surface area contributed by atoms with E-state index < -0.39 is 5.60 Å². The zero-order valence-corrected chi connectivity index (χ0v) is 9.46. The topological polar surface area (TPSA) is 32.3 Å². The number of hydrogen-bond donors (Lipinski definition) is 2. The van der Waals surface area contributed by atoms with Gasteiger partial charge >= 0.3 is 0 Å². The fourth-order valence-electron chi connectivity index (χ4n) is 2.10. The van der Waals surface area contributed by atoms with Crippen molar-refractivity contribution in [2.75, 3.05) is 13.1 Å². The molecule has 1 aliphatic rings.